The Kier molecular flexibility index (Phi) is 6.53. The number of carbonyl (C=O) groups is 1. The molecule has 0 aliphatic carbocycles. The fraction of sp³-hybridized carbons (Fsp3) is 0.423. The van der Waals surface area contributed by atoms with Gasteiger partial charge in [-0.3, -0.25) is 9.69 Å². The second kappa shape index (κ2) is 9.48. The van der Waals surface area contributed by atoms with Crippen LogP contribution in [0.5, 0.6) is 5.75 Å². The maximum atomic E-state index is 12.4. The fourth-order valence-corrected chi connectivity index (χ4v) is 4.39. The zero-order chi connectivity index (χ0) is 20.9. The van der Waals surface area contributed by atoms with E-state index in [1.807, 2.05) is 30.3 Å². The smallest absolute Gasteiger partial charge is 0.176 e. The van der Waals surface area contributed by atoms with E-state index in [-0.39, 0.29) is 5.78 Å². The van der Waals surface area contributed by atoms with E-state index in [9.17, 15) is 4.79 Å². The number of rotatable bonds is 7. The minimum absolute atomic E-state index is 0.211. The van der Waals surface area contributed by atoms with Crippen molar-refractivity contribution in [1.29, 1.82) is 0 Å². The van der Waals surface area contributed by atoms with Gasteiger partial charge in [-0.15, -0.1) is 0 Å². The summed E-state index contributed by atoms with van der Waals surface area (Å²) in [7, 11) is 0. The third-order valence-electron chi connectivity index (χ3n) is 6.39. The van der Waals surface area contributed by atoms with Crippen molar-refractivity contribution in [2.75, 3.05) is 32.8 Å². The van der Waals surface area contributed by atoms with Crippen molar-refractivity contribution in [3.63, 3.8) is 0 Å². The lowest BCUT2D eigenvalue weighted by Gasteiger charge is -2.32. The largest absolute Gasteiger partial charge is 0.493 e. The molecule has 0 radical (unpaired) electrons. The van der Waals surface area contributed by atoms with Gasteiger partial charge in [-0.25, -0.2) is 0 Å². The monoisotopic (exact) mass is 404 g/mol. The summed E-state index contributed by atoms with van der Waals surface area (Å²) in [6.45, 7) is 11.3. The van der Waals surface area contributed by atoms with Crippen molar-refractivity contribution in [2.45, 2.75) is 32.7 Å². The Bertz CT molecular complexity index is 885. The van der Waals surface area contributed by atoms with Gasteiger partial charge in [0, 0.05) is 24.4 Å². The Morgan fingerprint density at radius 3 is 2.57 bits per heavy atom. The lowest BCUT2D eigenvalue weighted by atomic mass is 9.97. The SMILES string of the molecule is C=C(C)N1CCc2ccc(OCC3CCN(CC(=O)c4ccccc4)CC3)cc2C1. The van der Waals surface area contributed by atoms with Crippen LogP contribution >= 0.6 is 0 Å². The highest BCUT2D eigenvalue weighted by Gasteiger charge is 2.22. The molecule has 4 nitrogen and oxygen atoms in total. The van der Waals surface area contributed by atoms with E-state index in [2.05, 4.69) is 41.5 Å². The molecular weight excluding hydrogens is 372 g/mol. The van der Waals surface area contributed by atoms with Crippen molar-refractivity contribution >= 4 is 5.78 Å². The second-order valence-electron chi connectivity index (χ2n) is 8.66. The number of nitrogens with zero attached hydrogens (tertiary/aromatic N) is 2. The van der Waals surface area contributed by atoms with E-state index in [0.717, 1.165) is 69.1 Å². The number of fused-ring (bicyclic) bond motifs is 1. The van der Waals surface area contributed by atoms with E-state index >= 15 is 0 Å². The Morgan fingerprint density at radius 2 is 1.83 bits per heavy atom. The molecule has 0 unspecified atom stereocenters. The summed E-state index contributed by atoms with van der Waals surface area (Å²) >= 11 is 0. The van der Waals surface area contributed by atoms with Crippen LogP contribution in [0.3, 0.4) is 0 Å². The number of ketones is 1. The Labute approximate surface area is 180 Å². The number of Topliss-reactive ketones (excluding diaryl/α,β-unsaturated/α-hetero) is 1. The van der Waals surface area contributed by atoms with Crippen LogP contribution in [0.4, 0.5) is 0 Å². The van der Waals surface area contributed by atoms with Gasteiger partial charge >= 0.3 is 0 Å². The first kappa shape index (κ1) is 20.7. The Balaban J connectivity index is 1.24. The topological polar surface area (TPSA) is 32.8 Å². The average Bonchev–Trinajstić information content (AvgIpc) is 2.78. The van der Waals surface area contributed by atoms with E-state index in [4.69, 9.17) is 4.74 Å². The minimum Gasteiger partial charge on any atom is -0.493 e. The van der Waals surface area contributed by atoms with Crippen LogP contribution < -0.4 is 4.74 Å². The summed E-state index contributed by atoms with van der Waals surface area (Å²) in [5, 5.41) is 0. The summed E-state index contributed by atoms with van der Waals surface area (Å²) in [5.41, 5.74) is 4.72. The molecule has 0 spiro atoms. The molecule has 2 heterocycles. The number of allylic oxidation sites excluding steroid dienone is 1. The molecule has 0 bridgehead atoms. The van der Waals surface area contributed by atoms with Gasteiger partial charge < -0.3 is 9.64 Å². The molecular formula is C26H32N2O2. The summed E-state index contributed by atoms with van der Waals surface area (Å²) in [5.74, 6) is 1.73. The predicted octanol–water partition coefficient (Wildman–Crippen LogP) is 4.55. The van der Waals surface area contributed by atoms with E-state index in [1.54, 1.807) is 0 Å². The highest BCUT2D eigenvalue weighted by molar-refractivity contribution is 5.97. The molecule has 4 rings (SSSR count). The first-order valence-corrected chi connectivity index (χ1v) is 11.0. The first-order valence-electron chi connectivity index (χ1n) is 11.0. The standard InChI is InChI=1S/C26H32N2O2/c1-20(2)28-15-12-22-8-9-25(16-24(22)17-28)30-19-21-10-13-27(14-11-21)18-26(29)23-6-4-3-5-7-23/h3-9,16,21H,1,10-15,17-19H2,2H3. The predicted molar refractivity (Wildman–Crippen MR) is 121 cm³/mol. The highest BCUT2D eigenvalue weighted by Crippen LogP contribution is 2.26. The molecule has 2 aliphatic heterocycles. The van der Waals surface area contributed by atoms with Gasteiger partial charge in [0.05, 0.1) is 13.2 Å². The van der Waals surface area contributed by atoms with Gasteiger partial charge in [-0.1, -0.05) is 43.0 Å². The third kappa shape index (κ3) is 5.11. The number of carbonyl (C=O) groups excluding carboxylic acids is 1. The van der Waals surface area contributed by atoms with Gasteiger partial charge in [-0.2, -0.15) is 0 Å². The minimum atomic E-state index is 0.211. The Hall–Kier alpha value is -2.59. The molecule has 2 aromatic carbocycles. The molecule has 1 saturated heterocycles. The number of likely N-dealkylation sites (tertiary alicyclic amines) is 1. The number of hydrogen-bond donors (Lipinski definition) is 0. The van der Waals surface area contributed by atoms with Crippen LogP contribution in [0, 0.1) is 5.92 Å². The zero-order valence-electron chi connectivity index (χ0n) is 18.0. The van der Waals surface area contributed by atoms with Crippen LogP contribution in [0.15, 0.2) is 60.8 Å². The molecule has 0 N–H and O–H groups in total. The van der Waals surface area contributed by atoms with Gasteiger partial charge in [0.2, 0.25) is 0 Å². The summed E-state index contributed by atoms with van der Waals surface area (Å²) in [6.07, 6.45) is 3.23. The second-order valence-corrected chi connectivity index (χ2v) is 8.66. The molecule has 2 aromatic rings. The maximum absolute atomic E-state index is 12.4. The van der Waals surface area contributed by atoms with Crippen LogP contribution in [0.1, 0.15) is 41.3 Å². The van der Waals surface area contributed by atoms with Crippen molar-refractivity contribution in [2.24, 2.45) is 5.92 Å². The quantitative estimate of drug-likeness (QED) is 0.634. The summed E-state index contributed by atoms with van der Waals surface area (Å²) in [4.78, 5) is 17.0. The molecule has 1 fully saturated rings. The van der Waals surface area contributed by atoms with Gasteiger partial charge in [0.1, 0.15) is 5.75 Å². The van der Waals surface area contributed by atoms with Gasteiger partial charge in [-0.05, 0) is 68.5 Å². The van der Waals surface area contributed by atoms with Crippen molar-refractivity contribution < 1.29 is 9.53 Å². The van der Waals surface area contributed by atoms with Gasteiger partial charge in [0.15, 0.2) is 5.78 Å². The van der Waals surface area contributed by atoms with Crippen molar-refractivity contribution in [3.8, 4) is 5.75 Å². The van der Waals surface area contributed by atoms with Crippen molar-refractivity contribution in [1.82, 2.24) is 9.80 Å². The molecule has 4 heteroatoms. The zero-order valence-corrected chi connectivity index (χ0v) is 18.0. The average molecular weight is 405 g/mol. The van der Waals surface area contributed by atoms with Crippen molar-refractivity contribution in [3.05, 3.63) is 77.5 Å². The van der Waals surface area contributed by atoms with Gasteiger partial charge in [0.25, 0.3) is 0 Å². The molecule has 158 valence electrons. The van der Waals surface area contributed by atoms with Crippen LogP contribution in [0.25, 0.3) is 0 Å². The normalized spacial score (nSPS) is 17.4. The molecule has 0 atom stereocenters. The molecule has 0 amide bonds. The molecule has 2 aliphatic rings. The van der Waals surface area contributed by atoms with Crippen LogP contribution in [0.2, 0.25) is 0 Å². The number of benzene rings is 2. The van der Waals surface area contributed by atoms with Crippen LogP contribution in [-0.4, -0.2) is 48.4 Å². The fourth-order valence-electron chi connectivity index (χ4n) is 4.39. The lowest BCUT2D eigenvalue weighted by Crippen LogP contribution is -2.38. The van der Waals surface area contributed by atoms with E-state index in [0.29, 0.717) is 12.5 Å². The highest BCUT2D eigenvalue weighted by atomic mass is 16.5. The number of ether oxygens (including phenoxy) is 1. The summed E-state index contributed by atoms with van der Waals surface area (Å²) < 4.78 is 6.17. The van der Waals surface area contributed by atoms with E-state index in [1.165, 1.54) is 11.1 Å². The summed E-state index contributed by atoms with van der Waals surface area (Å²) in [6, 6.07) is 16.1. The lowest BCUT2D eigenvalue weighted by molar-refractivity contribution is 0.0873. The first-order chi connectivity index (χ1) is 14.6. The molecule has 0 aromatic heterocycles. The third-order valence-corrected chi connectivity index (χ3v) is 6.39. The Morgan fingerprint density at radius 1 is 1.07 bits per heavy atom. The molecule has 0 saturated carbocycles. The maximum Gasteiger partial charge on any atom is 0.176 e. The number of piperidine rings is 1. The number of hydrogen-bond acceptors (Lipinski definition) is 4. The van der Waals surface area contributed by atoms with Crippen LogP contribution in [-0.2, 0) is 13.0 Å². The molecule has 30 heavy (non-hydrogen) atoms. The van der Waals surface area contributed by atoms with E-state index < -0.39 is 0 Å².